The normalized spacial score (nSPS) is 11.4. The highest BCUT2D eigenvalue weighted by Gasteiger charge is 2.18. The molecule has 0 aliphatic carbocycles. The molecule has 8 heteroatoms. The number of hydrogen-bond donors (Lipinski definition) is 2. The number of amides is 1. The molecule has 2 aromatic carbocycles. The van der Waals surface area contributed by atoms with E-state index in [0.717, 1.165) is 0 Å². The largest absolute Gasteiger partial charge is 0.497 e. The lowest BCUT2D eigenvalue weighted by Crippen LogP contribution is -2.29. The van der Waals surface area contributed by atoms with Gasteiger partial charge in [0.25, 0.3) is 0 Å². The molecule has 0 saturated heterocycles. The summed E-state index contributed by atoms with van der Waals surface area (Å²) in [6.07, 6.45) is -0.873. The third-order valence-electron chi connectivity index (χ3n) is 4.38. The van der Waals surface area contributed by atoms with Gasteiger partial charge in [-0.2, -0.15) is 0 Å². The molecule has 0 fully saturated rings. The van der Waals surface area contributed by atoms with Crippen LogP contribution in [0.5, 0.6) is 28.7 Å². The van der Waals surface area contributed by atoms with Crippen LogP contribution in [0.4, 0.5) is 0 Å². The first-order valence-electron chi connectivity index (χ1n) is 8.92. The standard InChI is InChI=1S/C21H27NO7/c1-25-14-6-7-17(26-2)15(11-14)16(23)12-22-20(24)10-13-8-18(27-3)21(29-5)19(9-13)28-4/h6-9,11,16,23H,10,12H2,1-5H3,(H,22,24). The van der Waals surface area contributed by atoms with E-state index in [1.165, 1.54) is 35.5 Å². The number of aliphatic hydroxyl groups excluding tert-OH is 1. The molecule has 29 heavy (non-hydrogen) atoms. The van der Waals surface area contributed by atoms with Crippen molar-refractivity contribution >= 4 is 5.91 Å². The van der Waals surface area contributed by atoms with Gasteiger partial charge in [0.15, 0.2) is 11.5 Å². The smallest absolute Gasteiger partial charge is 0.224 e. The van der Waals surface area contributed by atoms with Gasteiger partial charge in [0.1, 0.15) is 11.5 Å². The number of methoxy groups -OCH3 is 5. The fourth-order valence-corrected chi connectivity index (χ4v) is 2.91. The Morgan fingerprint density at radius 1 is 0.897 bits per heavy atom. The lowest BCUT2D eigenvalue weighted by atomic mass is 10.1. The zero-order chi connectivity index (χ0) is 21.4. The molecule has 2 aromatic rings. The summed E-state index contributed by atoms with van der Waals surface area (Å²) in [7, 11) is 7.59. The van der Waals surface area contributed by atoms with Gasteiger partial charge in [-0.25, -0.2) is 0 Å². The van der Waals surface area contributed by atoms with E-state index in [1.54, 1.807) is 30.3 Å². The van der Waals surface area contributed by atoms with Crippen LogP contribution in [0.3, 0.4) is 0 Å². The van der Waals surface area contributed by atoms with Crippen LogP contribution < -0.4 is 29.0 Å². The maximum absolute atomic E-state index is 12.4. The topological polar surface area (TPSA) is 95.5 Å². The minimum atomic E-state index is -0.955. The third kappa shape index (κ3) is 5.45. The van der Waals surface area contributed by atoms with Crippen molar-refractivity contribution in [2.24, 2.45) is 0 Å². The molecular weight excluding hydrogens is 378 g/mol. The minimum absolute atomic E-state index is 0.0206. The van der Waals surface area contributed by atoms with Gasteiger partial charge in [-0.15, -0.1) is 0 Å². The van der Waals surface area contributed by atoms with Crippen molar-refractivity contribution in [3.63, 3.8) is 0 Å². The van der Waals surface area contributed by atoms with Gasteiger partial charge >= 0.3 is 0 Å². The summed E-state index contributed by atoms with van der Waals surface area (Å²) in [5, 5.41) is 13.2. The monoisotopic (exact) mass is 405 g/mol. The van der Waals surface area contributed by atoms with E-state index in [2.05, 4.69) is 5.32 Å². The number of carbonyl (C=O) groups is 1. The van der Waals surface area contributed by atoms with Crippen LogP contribution >= 0.6 is 0 Å². The van der Waals surface area contributed by atoms with E-state index in [-0.39, 0.29) is 18.9 Å². The van der Waals surface area contributed by atoms with Crippen molar-refractivity contribution in [2.75, 3.05) is 42.1 Å². The highest BCUT2D eigenvalue weighted by atomic mass is 16.5. The zero-order valence-corrected chi connectivity index (χ0v) is 17.3. The molecule has 2 rings (SSSR count). The molecule has 0 radical (unpaired) electrons. The summed E-state index contributed by atoms with van der Waals surface area (Å²) < 4.78 is 26.3. The summed E-state index contributed by atoms with van der Waals surface area (Å²) in [5.41, 5.74) is 1.21. The summed E-state index contributed by atoms with van der Waals surface area (Å²) in [6, 6.07) is 8.53. The maximum atomic E-state index is 12.4. The lowest BCUT2D eigenvalue weighted by Gasteiger charge is -2.17. The number of rotatable bonds is 10. The Kier molecular flexibility index (Phi) is 7.97. The van der Waals surface area contributed by atoms with Crippen molar-refractivity contribution < 1.29 is 33.6 Å². The highest BCUT2D eigenvalue weighted by Crippen LogP contribution is 2.38. The molecule has 0 heterocycles. The predicted molar refractivity (Wildman–Crippen MR) is 107 cm³/mol. The second-order valence-electron chi connectivity index (χ2n) is 6.14. The SMILES string of the molecule is COc1ccc(OC)c(C(O)CNC(=O)Cc2cc(OC)c(OC)c(OC)c2)c1. The average molecular weight is 405 g/mol. The maximum Gasteiger partial charge on any atom is 0.224 e. The number of hydrogen-bond acceptors (Lipinski definition) is 7. The van der Waals surface area contributed by atoms with Crippen LogP contribution in [-0.4, -0.2) is 53.1 Å². The van der Waals surface area contributed by atoms with E-state index in [0.29, 0.717) is 39.9 Å². The van der Waals surface area contributed by atoms with Crippen LogP contribution in [0.1, 0.15) is 17.2 Å². The van der Waals surface area contributed by atoms with Crippen LogP contribution in [-0.2, 0) is 11.2 Å². The van der Waals surface area contributed by atoms with Crippen molar-refractivity contribution in [3.8, 4) is 28.7 Å². The summed E-state index contributed by atoms with van der Waals surface area (Å²) >= 11 is 0. The van der Waals surface area contributed by atoms with E-state index < -0.39 is 6.10 Å². The Labute approximate surface area is 170 Å². The average Bonchev–Trinajstić information content (AvgIpc) is 2.75. The number of carbonyl (C=O) groups excluding carboxylic acids is 1. The van der Waals surface area contributed by atoms with E-state index in [9.17, 15) is 9.90 Å². The fraction of sp³-hybridized carbons (Fsp3) is 0.381. The molecule has 0 bridgehead atoms. The molecule has 0 aliphatic heterocycles. The number of ether oxygens (including phenoxy) is 5. The summed E-state index contributed by atoms with van der Waals surface area (Å²) in [5.74, 6) is 2.23. The Bertz CT molecular complexity index is 813. The number of nitrogens with one attached hydrogen (secondary N) is 1. The highest BCUT2D eigenvalue weighted by molar-refractivity contribution is 5.79. The predicted octanol–water partition coefficient (Wildman–Crippen LogP) is 2.12. The Morgan fingerprint density at radius 2 is 1.52 bits per heavy atom. The fourth-order valence-electron chi connectivity index (χ4n) is 2.91. The Morgan fingerprint density at radius 3 is 2.03 bits per heavy atom. The van der Waals surface area contributed by atoms with Crippen LogP contribution in [0, 0.1) is 0 Å². The van der Waals surface area contributed by atoms with Gasteiger partial charge in [0, 0.05) is 12.1 Å². The molecule has 158 valence electrons. The molecular formula is C21H27NO7. The Balaban J connectivity index is 2.07. The lowest BCUT2D eigenvalue weighted by molar-refractivity contribution is -0.120. The molecule has 1 unspecified atom stereocenters. The first-order chi connectivity index (χ1) is 14.0. The quantitative estimate of drug-likeness (QED) is 0.625. The molecule has 1 atom stereocenters. The van der Waals surface area contributed by atoms with Gasteiger partial charge < -0.3 is 34.1 Å². The van der Waals surface area contributed by atoms with Gasteiger partial charge in [-0.3, -0.25) is 4.79 Å². The van der Waals surface area contributed by atoms with Gasteiger partial charge in [0.2, 0.25) is 11.7 Å². The molecule has 2 N–H and O–H groups in total. The molecule has 8 nitrogen and oxygen atoms in total. The van der Waals surface area contributed by atoms with Gasteiger partial charge in [0.05, 0.1) is 48.1 Å². The molecule has 0 aliphatic rings. The molecule has 0 spiro atoms. The summed E-state index contributed by atoms with van der Waals surface area (Å²) in [6.45, 7) is 0.0206. The third-order valence-corrected chi connectivity index (χ3v) is 4.38. The van der Waals surface area contributed by atoms with Gasteiger partial charge in [-0.1, -0.05) is 0 Å². The Hall–Kier alpha value is -3.13. The van der Waals surface area contributed by atoms with E-state index in [1.807, 2.05) is 0 Å². The first kappa shape index (κ1) is 22.2. The first-order valence-corrected chi connectivity index (χ1v) is 8.92. The van der Waals surface area contributed by atoms with Crippen LogP contribution in [0.15, 0.2) is 30.3 Å². The van der Waals surface area contributed by atoms with Gasteiger partial charge in [-0.05, 0) is 35.9 Å². The number of benzene rings is 2. The second kappa shape index (κ2) is 10.4. The molecule has 0 aromatic heterocycles. The van der Waals surface area contributed by atoms with E-state index >= 15 is 0 Å². The van der Waals surface area contributed by atoms with Crippen LogP contribution in [0.2, 0.25) is 0 Å². The molecule has 1 amide bonds. The van der Waals surface area contributed by atoms with Crippen LogP contribution in [0.25, 0.3) is 0 Å². The number of aliphatic hydroxyl groups is 1. The van der Waals surface area contributed by atoms with Crippen molar-refractivity contribution in [3.05, 3.63) is 41.5 Å². The van der Waals surface area contributed by atoms with Crippen molar-refractivity contribution in [1.29, 1.82) is 0 Å². The van der Waals surface area contributed by atoms with E-state index in [4.69, 9.17) is 23.7 Å². The minimum Gasteiger partial charge on any atom is -0.497 e. The van der Waals surface area contributed by atoms with Crippen molar-refractivity contribution in [2.45, 2.75) is 12.5 Å². The second-order valence-corrected chi connectivity index (χ2v) is 6.14. The summed E-state index contributed by atoms with van der Waals surface area (Å²) in [4.78, 5) is 12.4. The molecule has 0 saturated carbocycles. The zero-order valence-electron chi connectivity index (χ0n) is 17.3. The van der Waals surface area contributed by atoms with Crippen molar-refractivity contribution in [1.82, 2.24) is 5.32 Å².